The smallest absolute Gasteiger partial charge is 0.218 e. The molecule has 26 heavy (non-hydrogen) atoms. The Balaban J connectivity index is 1.99. The summed E-state index contributed by atoms with van der Waals surface area (Å²) in [4.78, 5) is 8.92. The van der Waals surface area contributed by atoms with Gasteiger partial charge in [0.1, 0.15) is 0 Å². The van der Waals surface area contributed by atoms with E-state index in [9.17, 15) is 0 Å². The number of rotatable bonds is 9. The first-order valence-corrected chi connectivity index (χ1v) is 9.18. The Morgan fingerprint density at radius 1 is 1.31 bits per heavy atom. The molecule has 2 rings (SSSR count). The molecular weight excluding hydrogens is 330 g/mol. The van der Waals surface area contributed by atoms with Gasteiger partial charge in [0.05, 0.1) is 25.4 Å². The number of ether oxygens (including phenoxy) is 1. The highest BCUT2D eigenvalue weighted by atomic mass is 16.5. The fourth-order valence-corrected chi connectivity index (χ4v) is 2.23. The van der Waals surface area contributed by atoms with Crippen molar-refractivity contribution < 1.29 is 9.26 Å². The zero-order chi connectivity index (χ0) is 18.8. The summed E-state index contributed by atoms with van der Waals surface area (Å²) in [5.74, 6) is 2.49. The van der Waals surface area contributed by atoms with Crippen LogP contribution >= 0.6 is 0 Å². The van der Waals surface area contributed by atoms with E-state index in [0.29, 0.717) is 37.5 Å². The molecule has 2 N–H and O–H groups in total. The van der Waals surface area contributed by atoms with E-state index in [1.165, 1.54) is 0 Å². The van der Waals surface area contributed by atoms with Gasteiger partial charge in [0.2, 0.25) is 5.88 Å². The van der Waals surface area contributed by atoms with Gasteiger partial charge in [-0.2, -0.15) is 0 Å². The second-order valence-electron chi connectivity index (χ2n) is 6.24. The lowest BCUT2D eigenvalue weighted by Gasteiger charge is -2.11. The maximum absolute atomic E-state index is 5.69. The van der Waals surface area contributed by atoms with Crippen molar-refractivity contribution >= 4 is 5.96 Å². The first kappa shape index (κ1) is 19.8. The molecule has 2 heterocycles. The third-order valence-electron chi connectivity index (χ3n) is 3.64. The molecule has 2 aromatic heterocycles. The van der Waals surface area contributed by atoms with Gasteiger partial charge in [0.15, 0.2) is 11.7 Å². The minimum absolute atomic E-state index is 0.349. The summed E-state index contributed by atoms with van der Waals surface area (Å²) in [5.41, 5.74) is 1.91. The number of aliphatic imine (C=N–C) groups is 1. The van der Waals surface area contributed by atoms with E-state index >= 15 is 0 Å². The van der Waals surface area contributed by atoms with Crippen molar-refractivity contribution in [3.8, 4) is 5.88 Å². The average molecular weight is 359 g/mol. The van der Waals surface area contributed by atoms with E-state index in [2.05, 4.69) is 46.5 Å². The minimum Gasteiger partial charge on any atom is -0.477 e. The van der Waals surface area contributed by atoms with Crippen LogP contribution in [0, 0.1) is 0 Å². The van der Waals surface area contributed by atoms with Crippen molar-refractivity contribution in [3.63, 3.8) is 0 Å². The van der Waals surface area contributed by atoms with Gasteiger partial charge < -0.3 is 19.9 Å². The second-order valence-corrected chi connectivity index (χ2v) is 6.24. The zero-order valence-corrected chi connectivity index (χ0v) is 16.1. The van der Waals surface area contributed by atoms with Gasteiger partial charge in [-0.25, -0.2) is 9.98 Å². The van der Waals surface area contributed by atoms with E-state index < -0.39 is 0 Å². The number of hydrogen-bond acceptors (Lipinski definition) is 5. The molecule has 0 aliphatic carbocycles. The summed E-state index contributed by atoms with van der Waals surface area (Å²) in [5, 5.41) is 10.6. The number of hydrogen-bond donors (Lipinski definition) is 2. The molecule has 0 saturated carbocycles. The Kier molecular flexibility index (Phi) is 7.92. The fourth-order valence-electron chi connectivity index (χ4n) is 2.23. The number of pyridine rings is 1. The molecule has 0 bridgehead atoms. The summed E-state index contributed by atoms with van der Waals surface area (Å²) in [6, 6.07) is 5.85. The molecular formula is C19H29N5O2. The molecule has 7 heteroatoms. The molecule has 0 aromatic carbocycles. The molecule has 7 nitrogen and oxygen atoms in total. The summed E-state index contributed by atoms with van der Waals surface area (Å²) >= 11 is 0. The maximum Gasteiger partial charge on any atom is 0.218 e. The van der Waals surface area contributed by atoms with E-state index in [1.54, 1.807) is 6.20 Å². The van der Waals surface area contributed by atoms with Gasteiger partial charge in [-0.05, 0) is 25.3 Å². The third-order valence-corrected chi connectivity index (χ3v) is 3.64. The second kappa shape index (κ2) is 10.4. The van der Waals surface area contributed by atoms with Crippen LogP contribution in [0.5, 0.6) is 5.88 Å². The van der Waals surface area contributed by atoms with Gasteiger partial charge >= 0.3 is 0 Å². The first-order chi connectivity index (χ1) is 12.6. The van der Waals surface area contributed by atoms with Crippen molar-refractivity contribution in [2.45, 2.75) is 53.1 Å². The van der Waals surface area contributed by atoms with Gasteiger partial charge in [0.25, 0.3) is 0 Å². The summed E-state index contributed by atoms with van der Waals surface area (Å²) in [7, 11) is 0. The lowest BCUT2D eigenvalue weighted by molar-refractivity contribution is 0.302. The topological polar surface area (TPSA) is 84.6 Å². The van der Waals surface area contributed by atoms with Crippen molar-refractivity contribution in [1.29, 1.82) is 0 Å². The van der Waals surface area contributed by atoms with E-state index in [1.807, 2.05) is 25.1 Å². The molecule has 0 aliphatic rings. The van der Waals surface area contributed by atoms with Crippen LogP contribution < -0.4 is 15.4 Å². The van der Waals surface area contributed by atoms with Gasteiger partial charge in [0, 0.05) is 24.4 Å². The van der Waals surface area contributed by atoms with Crippen LogP contribution in [0.1, 0.15) is 57.1 Å². The highest BCUT2D eigenvalue weighted by Crippen LogP contribution is 2.16. The lowest BCUT2D eigenvalue weighted by Crippen LogP contribution is -2.36. The highest BCUT2D eigenvalue weighted by molar-refractivity contribution is 5.79. The summed E-state index contributed by atoms with van der Waals surface area (Å²) < 4.78 is 11.0. The lowest BCUT2D eigenvalue weighted by atomic mass is 10.1. The Bertz CT molecular complexity index is 697. The van der Waals surface area contributed by atoms with Crippen LogP contribution in [-0.2, 0) is 13.1 Å². The largest absolute Gasteiger partial charge is 0.477 e. The molecule has 0 atom stereocenters. The molecule has 2 aromatic rings. The summed E-state index contributed by atoms with van der Waals surface area (Å²) in [6.07, 6.45) is 2.68. The average Bonchev–Trinajstić information content (AvgIpc) is 3.12. The summed E-state index contributed by atoms with van der Waals surface area (Å²) in [6.45, 7) is 10.7. The normalized spacial score (nSPS) is 11.7. The van der Waals surface area contributed by atoms with Gasteiger partial charge in [-0.1, -0.05) is 32.0 Å². The van der Waals surface area contributed by atoms with Crippen LogP contribution in [0.25, 0.3) is 0 Å². The molecule has 0 saturated heterocycles. The zero-order valence-electron chi connectivity index (χ0n) is 16.1. The maximum atomic E-state index is 5.69. The quantitative estimate of drug-likeness (QED) is 0.528. The van der Waals surface area contributed by atoms with Crippen LogP contribution in [0.2, 0.25) is 0 Å². The van der Waals surface area contributed by atoms with Gasteiger partial charge in [-0.15, -0.1) is 0 Å². The number of guanidine groups is 1. The Labute approximate surface area is 155 Å². The first-order valence-electron chi connectivity index (χ1n) is 9.18. The molecule has 0 unspecified atom stereocenters. The van der Waals surface area contributed by atoms with E-state index in [0.717, 1.165) is 30.0 Å². The van der Waals surface area contributed by atoms with Crippen LogP contribution in [-0.4, -0.2) is 29.3 Å². The monoisotopic (exact) mass is 359 g/mol. The molecule has 0 spiro atoms. The third kappa shape index (κ3) is 6.06. The molecule has 0 radical (unpaired) electrons. The molecule has 0 amide bonds. The Morgan fingerprint density at radius 3 is 2.85 bits per heavy atom. The highest BCUT2D eigenvalue weighted by Gasteiger charge is 2.09. The van der Waals surface area contributed by atoms with Crippen LogP contribution in [0.15, 0.2) is 33.9 Å². The molecule has 0 aliphatic heterocycles. The van der Waals surface area contributed by atoms with Crippen LogP contribution in [0.4, 0.5) is 0 Å². The Hall–Kier alpha value is -2.57. The van der Waals surface area contributed by atoms with Crippen molar-refractivity contribution in [2.24, 2.45) is 4.99 Å². The standard InChI is InChI=1S/C19H29N5O2/c1-5-10-25-18-15(8-7-9-21-18)12-22-19(20-6-2)23-13-16-11-17(14(3)4)24-26-16/h7-9,11,14H,5-6,10,12-13H2,1-4H3,(H2,20,22,23). The van der Waals surface area contributed by atoms with Crippen molar-refractivity contribution in [1.82, 2.24) is 20.8 Å². The number of aromatic nitrogens is 2. The van der Waals surface area contributed by atoms with Crippen molar-refractivity contribution in [2.75, 3.05) is 13.2 Å². The number of nitrogens with zero attached hydrogens (tertiary/aromatic N) is 3. The molecule has 0 fully saturated rings. The van der Waals surface area contributed by atoms with Gasteiger partial charge in [-0.3, -0.25) is 0 Å². The minimum atomic E-state index is 0.349. The SMILES string of the molecule is CCCOc1ncccc1CN=C(NCC)NCc1cc(C(C)C)no1. The number of nitrogens with one attached hydrogen (secondary N) is 2. The predicted molar refractivity (Wildman–Crippen MR) is 102 cm³/mol. The van der Waals surface area contributed by atoms with Crippen molar-refractivity contribution in [3.05, 3.63) is 41.4 Å². The fraction of sp³-hybridized carbons (Fsp3) is 0.526. The molecule has 142 valence electrons. The van der Waals surface area contributed by atoms with E-state index in [-0.39, 0.29) is 0 Å². The Morgan fingerprint density at radius 2 is 2.15 bits per heavy atom. The predicted octanol–water partition coefficient (Wildman–Crippen LogP) is 3.24. The van der Waals surface area contributed by atoms with Crippen LogP contribution in [0.3, 0.4) is 0 Å². The van der Waals surface area contributed by atoms with E-state index in [4.69, 9.17) is 9.26 Å².